The van der Waals surface area contributed by atoms with Crippen LogP contribution >= 0.6 is 11.6 Å². The molecule has 222 valence electrons. The normalized spacial score (nSPS) is 21.1. The van der Waals surface area contributed by atoms with Crippen molar-refractivity contribution in [3.05, 3.63) is 70.8 Å². The Bertz CT molecular complexity index is 1470. The van der Waals surface area contributed by atoms with E-state index >= 15 is 0 Å². The summed E-state index contributed by atoms with van der Waals surface area (Å²) in [5.41, 5.74) is 1.71. The Labute approximate surface area is 247 Å². The van der Waals surface area contributed by atoms with E-state index in [0.717, 1.165) is 36.0 Å². The largest absolute Gasteiger partial charge is 0.383 e. The van der Waals surface area contributed by atoms with Crippen molar-refractivity contribution >= 4 is 34.8 Å². The molecule has 3 aliphatic rings. The number of nitrogens with zero attached hydrogens (tertiary/aromatic N) is 5. The van der Waals surface area contributed by atoms with Crippen molar-refractivity contribution in [1.82, 2.24) is 20.1 Å². The molecule has 2 aliphatic heterocycles. The predicted octanol–water partition coefficient (Wildman–Crippen LogP) is 4.61. The van der Waals surface area contributed by atoms with Gasteiger partial charge in [-0.2, -0.15) is 5.10 Å². The number of carbonyl (C=O) groups is 2. The molecule has 1 N–H and O–H groups in total. The molecule has 0 radical (unpaired) electrons. The van der Waals surface area contributed by atoms with E-state index in [9.17, 15) is 18.4 Å². The number of hydrogen-bond acceptors (Lipinski definition) is 6. The maximum Gasteiger partial charge on any atom is 0.281 e. The number of methoxy groups -OCH3 is 1. The summed E-state index contributed by atoms with van der Waals surface area (Å²) in [4.78, 5) is 34.6. The van der Waals surface area contributed by atoms with E-state index in [1.165, 1.54) is 6.07 Å². The van der Waals surface area contributed by atoms with Gasteiger partial charge < -0.3 is 19.9 Å². The van der Waals surface area contributed by atoms with E-state index in [-0.39, 0.29) is 28.5 Å². The van der Waals surface area contributed by atoms with Crippen LogP contribution in [0.4, 0.5) is 20.2 Å². The van der Waals surface area contributed by atoms with Crippen LogP contribution in [0.2, 0.25) is 5.02 Å². The van der Waals surface area contributed by atoms with Crippen LogP contribution in [0.15, 0.2) is 48.9 Å². The van der Waals surface area contributed by atoms with Crippen LogP contribution in [0.3, 0.4) is 0 Å². The van der Waals surface area contributed by atoms with Gasteiger partial charge in [-0.1, -0.05) is 29.8 Å². The fourth-order valence-corrected chi connectivity index (χ4v) is 6.67. The third-order valence-electron chi connectivity index (χ3n) is 8.75. The zero-order valence-corrected chi connectivity index (χ0v) is 24.1. The third kappa shape index (κ3) is 5.24. The molecule has 1 saturated carbocycles. The molecule has 3 aromatic rings. The highest BCUT2D eigenvalue weighted by Crippen LogP contribution is 2.49. The lowest BCUT2D eigenvalue weighted by molar-refractivity contribution is -0.124. The second-order valence-electron chi connectivity index (χ2n) is 11.4. The van der Waals surface area contributed by atoms with Crippen LogP contribution in [0.1, 0.15) is 53.7 Å². The standard InChI is InChI=1S/C30H33ClF2N6O3/c1-42-11-10-38-16-22(14-35-38)37-17-30(18-37)24-4-2-3-5-25(24)39(29(30)41)15-19-6-8-21(9-7-19)36-28(40)23-12-20(31)13-34-26(23)27(32)33/h2-5,12-14,16,19,21,27H,6-11,15,17-18H2,1H3,(H,36,40)/t19-,21-. The van der Waals surface area contributed by atoms with E-state index in [2.05, 4.69) is 26.4 Å². The Morgan fingerprint density at radius 1 is 1.19 bits per heavy atom. The first-order chi connectivity index (χ1) is 20.3. The molecule has 2 fully saturated rings. The summed E-state index contributed by atoms with van der Waals surface area (Å²) >= 11 is 5.92. The second-order valence-corrected chi connectivity index (χ2v) is 11.8. The molecule has 0 bridgehead atoms. The van der Waals surface area contributed by atoms with Gasteiger partial charge >= 0.3 is 0 Å². The molecule has 2 amide bonds. The zero-order chi connectivity index (χ0) is 29.4. The summed E-state index contributed by atoms with van der Waals surface area (Å²) in [6, 6.07) is 9.15. The molecule has 12 heteroatoms. The molecule has 2 aromatic heterocycles. The molecule has 0 unspecified atom stereocenters. The van der Waals surface area contributed by atoms with Crippen LogP contribution in [0.5, 0.6) is 0 Å². The van der Waals surface area contributed by atoms with Gasteiger partial charge in [0.25, 0.3) is 12.3 Å². The quantitative estimate of drug-likeness (QED) is 0.387. The first-order valence-electron chi connectivity index (χ1n) is 14.2. The zero-order valence-electron chi connectivity index (χ0n) is 23.3. The molecular formula is C30H33ClF2N6O3. The monoisotopic (exact) mass is 598 g/mol. The van der Waals surface area contributed by atoms with E-state index in [1.54, 1.807) is 7.11 Å². The molecular weight excluding hydrogens is 566 g/mol. The first-order valence-corrected chi connectivity index (χ1v) is 14.6. The number of pyridine rings is 1. The second kappa shape index (κ2) is 11.6. The lowest BCUT2D eigenvalue weighted by atomic mass is 9.74. The summed E-state index contributed by atoms with van der Waals surface area (Å²) in [6.07, 6.45) is 5.09. The number of ether oxygens (including phenoxy) is 1. The number of alkyl halides is 2. The maximum absolute atomic E-state index is 14.0. The van der Waals surface area contributed by atoms with Crippen LogP contribution < -0.4 is 15.1 Å². The van der Waals surface area contributed by atoms with Gasteiger partial charge in [-0.25, -0.2) is 8.78 Å². The van der Waals surface area contributed by atoms with Gasteiger partial charge in [0.05, 0.1) is 35.6 Å². The van der Waals surface area contributed by atoms with Crippen molar-refractivity contribution < 1.29 is 23.1 Å². The number of benzene rings is 1. The Kier molecular flexibility index (Phi) is 7.89. The maximum atomic E-state index is 14.0. The van der Waals surface area contributed by atoms with Gasteiger partial charge in [0, 0.05) is 50.9 Å². The Hall–Kier alpha value is -3.57. The Morgan fingerprint density at radius 2 is 1.95 bits per heavy atom. The van der Waals surface area contributed by atoms with Crippen molar-refractivity contribution in [2.24, 2.45) is 5.92 Å². The molecule has 1 saturated heterocycles. The molecule has 6 rings (SSSR count). The molecule has 1 aliphatic carbocycles. The van der Waals surface area contributed by atoms with Crippen molar-refractivity contribution in [3.63, 3.8) is 0 Å². The predicted molar refractivity (Wildman–Crippen MR) is 154 cm³/mol. The smallest absolute Gasteiger partial charge is 0.281 e. The highest BCUT2D eigenvalue weighted by atomic mass is 35.5. The number of fused-ring (bicyclic) bond motifs is 2. The van der Waals surface area contributed by atoms with Crippen molar-refractivity contribution in [2.45, 2.75) is 50.1 Å². The number of hydrogen-bond donors (Lipinski definition) is 1. The molecule has 9 nitrogen and oxygen atoms in total. The van der Waals surface area contributed by atoms with Gasteiger partial charge in [0.15, 0.2) is 0 Å². The SMILES string of the molecule is COCCn1cc(N2CC3(C2)C(=O)N(C[C@H]2CC[C@H](NC(=O)c4cc(Cl)cnc4C(F)F)CC2)c2ccccc23)cn1. The lowest BCUT2D eigenvalue weighted by Crippen LogP contribution is -2.64. The number of rotatable bonds is 9. The van der Waals surface area contributed by atoms with Crippen molar-refractivity contribution in [3.8, 4) is 0 Å². The molecule has 4 heterocycles. The first kappa shape index (κ1) is 28.5. The number of para-hydroxylation sites is 1. The van der Waals surface area contributed by atoms with Gasteiger partial charge in [-0.3, -0.25) is 19.3 Å². The molecule has 42 heavy (non-hydrogen) atoms. The number of halogens is 3. The lowest BCUT2D eigenvalue weighted by Gasteiger charge is -2.47. The van der Waals surface area contributed by atoms with E-state index < -0.39 is 23.4 Å². The molecule has 0 atom stereocenters. The summed E-state index contributed by atoms with van der Waals surface area (Å²) in [6.45, 7) is 3.08. The molecule has 1 spiro atoms. The van der Waals surface area contributed by atoms with Gasteiger partial charge in [-0.15, -0.1) is 0 Å². The van der Waals surface area contributed by atoms with E-state index in [4.69, 9.17) is 16.3 Å². The summed E-state index contributed by atoms with van der Waals surface area (Å²) in [7, 11) is 1.66. The average Bonchev–Trinajstić information content (AvgIpc) is 3.52. The van der Waals surface area contributed by atoms with Crippen LogP contribution in [0, 0.1) is 5.92 Å². The minimum atomic E-state index is -2.87. The number of aromatic nitrogens is 3. The van der Waals surface area contributed by atoms with Gasteiger partial charge in [0.2, 0.25) is 5.91 Å². The van der Waals surface area contributed by atoms with E-state index in [0.29, 0.717) is 45.6 Å². The fraction of sp³-hybridized carbons (Fsp3) is 0.467. The fourth-order valence-electron chi connectivity index (χ4n) is 6.51. The van der Waals surface area contributed by atoms with Crippen LogP contribution in [-0.2, 0) is 21.5 Å². The van der Waals surface area contributed by atoms with Crippen molar-refractivity contribution in [1.29, 1.82) is 0 Å². The Morgan fingerprint density at radius 3 is 2.69 bits per heavy atom. The van der Waals surface area contributed by atoms with Crippen LogP contribution in [-0.4, -0.2) is 66.0 Å². The highest BCUT2D eigenvalue weighted by molar-refractivity contribution is 6.30. The summed E-state index contributed by atoms with van der Waals surface area (Å²) in [5.74, 6) is -0.187. The highest BCUT2D eigenvalue weighted by Gasteiger charge is 2.58. The summed E-state index contributed by atoms with van der Waals surface area (Å²) in [5, 5.41) is 7.44. The van der Waals surface area contributed by atoms with E-state index in [1.807, 2.05) is 40.2 Å². The summed E-state index contributed by atoms with van der Waals surface area (Å²) < 4.78 is 33.8. The van der Waals surface area contributed by atoms with Crippen molar-refractivity contribution in [2.75, 3.05) is 43.2 Å². The average molecular weight is 599 g/mol. The number of carbonyl (C=O) groups excluding carboxylic acids is 2. The third-order valence-corrected chi connectivity index (χ3v) is 8.96. The minimum absolute atomic E-state index is 0.133. The van der Waals surface area contributed by atoms with Gasteiger partial charge in [0.1, 0.15) is 11.1 Å². The number of amides is 2. The number of anilines is 2. The Balaban J connectivity index is 1.08. The topological polar surface area (TPSA) is 92.6 Å². The van der Waals surface area contributed by atoms with Gasteiger partial charge in [-0.05, 0) is 49.3 Å². The number of nitrogens with one attached hydrogen (secondary N) is 1. The van der Waals surface area contributed by atoms with Crippen LogP contribution in [0.25, 0.3) is 0 Å². The minimum Gasteiger partial charge on any atom is -0.383 e. The molecule has 1 aromatic carbocycles.